The van der Waals surface area contributed by atoms with Gasteiger partial charge in [0.25, 0.3) is 0 Å². The number of halogens is 3. The van der Waals surface area contributed by atoms with Gasteiger partial charge in [-0.2, -0.15) is 13.2 Å². The Morgan fingerprint density at radius 3 is 2.74 bits per heavy atom. The number of nitrogens with two attached hydrogens (primary N) is 1. The molecule has 0 aliphatic carbocycles. The number of alkyl halides is 3. The van der Waals surface area contributed by atoms with E-state index in [1.165, 1.54) is 12.1 Å². The van der Waals surface area contributed by atoms with Gasteiger partial charge in [0.05, 0.1) is 12.1 Å². The van der Waals surface area contributed by atoms with Crippen molar-refractivity contribution >= 4 is 5.90 Å². The summed E-state index contributed by atoms with van der Waals surface area (Å²) < 4.78 is 44.1. The SMILES string of the molecule is NCCCC1CN=C(c2ccccc2C(F)(F)F)O1. The smallest absolute Gasteiger partial charge is 0.417 e. The number of hydrogen-bond acceptors (Lipinski definition) is 3. The van der Waals surface area contributed by atoms with Crippen LogP contribution in [0.15, 0.2) is 29.3 Å². The summed E-state index contributed by atoms with van der Waals surface area (Å²) in [5.74, 6) is 0.0787. The number of nitrogens with zero attached hydrogens (tertiary/aromatic N) is 1. The van der Waals surface area contributed by atoms with E-state index in [0.29, 0.717) is 19.5 Å². The van der Waals surface area contributed by atoms with Crippen molar-refractivity contribution in [3.05, 3.63) is 35.4 Å². The highest BCUT2D eigenvalue weighted by atomic mass is 19.4. The van der Waals surface area contributed by atoms with Crippen LogP contribution in [0.4, 0.5) is 13.2 Å². The first-order valence-electron chi connectivity index (χ1n) is 6.10. The molecule has 0 spiro atoms. The maximum atomic E-state index is 12.9. The van der Waals surface area contributed by atoms with Crippen molar-refractivity contribution < 1.29 is 17.9 Å². The molecule has 2 rings (SSSR count). The van der Waals surface area contributed by atoms with E-state index >= 15 is 0 Å². The second kappa shape index (κ2) is 5.61. The molecule has 1 aromatic rings. The standard InChI is InChI=1S/C13H15F3N2O/c14-13(15,16)11-6-2-1-5-10(11)12-18-8-9(19-12)4-3-7-17/h1-2,5-6,9H,3-4,7-8,17H2. The van der Waals surface area contributed by atoms with Crippen LogP contribution in [0.5, 0.6) is 0 Å². The van der Waals surface area contributed by atoms with E-state index in [-0.39, 0.29) is 17.6 Å². The number of ether oxygens (including phenoxy) is 1. The molecule has 0 saturated carbocycles. The van der Waals surface area contributed by atoms with Crippen LogP contribution < -0.4 is 5.73 Å². The quantitative estimate of drug-likeness (QED) is 0.915. The Bertz CT molecular complexity index is 471. The van der Waals surface area contributed by atoms with Gasteiger partial charge in [0.2, 0.25) is 5.90 Å². The molecule has 1 aliphatic rings. The fourth-order valence-corrected chi connectivity index (χ4v) is 1.98. The molecule has 1 aliphatic heterocycles. The lowest BCUT2D eigenvalue weighted by atomic mass is 10.1. The Balaban J connectivity index is 2.16. The predicted octanol–water partition coefficient (Wildman–Crippen LogP) is 2.59. The van der Waals surface area contributed by atoms with Crippen molar-refractivity contribution in [2.75, 3.05) is 13.1 Å². The lowest BCUT2D eigenvalue weighted by molar-refractivity contribution is -0.137. The maximum Gasteiger partial charge on any atom is 0.417 e. The van der Waals surface area contributed by atoms with Gasteiger partial charge in [0, 0.05) is 5.56 Å². The van der Waals surface area contributed by atoms with E-state index in [4.69, 9.17) is 10.5 Å². The van der Waals surface area contributed by atoms with Crippen molar-refractivity contribution in [3.8, 4) is 0 Å². The van der Waals surface area contributed by atoms with Crippen LogP contribution in [0.1, 0.15) is 24.0 Å². The van der Waals surface area contributed by atoms with E-state index in [0.717, 1.165) is 12.5 Å². The van der Waals surface area contributed by atoms with Gasteiger partial charge < -0.3 is 10.5 Å². The highest BCUT2D eigenvalue weighted by Gasteiger charge is 2.35. The Kier molecular flexibility index (Phi) is 4.09. The molecule has 1 unspecified atom stereocenters. The van der Waals surface area contributed by atoms with Crippen molar-refractivity contribution in [1.29, 1.82) is 0 Å². The summed E-state index contributed by atoms with van der Waals surface area (Å²) in [7, 11) is 0. The first-order chi connectivity index (χ1) is 9.02. The summed E-state index contributed by atoms with van der Waals surface area (Å²) in [5.41, 5.74) is 4.68. The zero-order chi connectivity index (χ0) is 13.9. The van der Waals surface area contributed by atoms with Crippen molar-refractivity contribution in [1.82, 2.24) is 0 Å². The van der Waals surface area contributed by atoms with Gasteiger partial charge in [-0.05, 0) is 31.5 Å². The van der Waals surface area contributed by atoms with Gasteiger partial charge in [0.1, 0.15) is 6.10 Å². The Labute approximate surface area is 109 Å². The average Bonchev–Trinajstić information content (AvgIpc) is 2.84. The molecule has 0 aromatic heterocycles. The van der Waals surface area contributed by atoms with Gasteiger partial charge >= 0.3 is 6.18 Å². The van der Waals surface area contributed by atoms with Crippen LogP contribution in [0.25, 0.3) is 0 Å². The summed E-state index contributed by atoms with van der Waals surface area (Å²) in [4.78, 5) is 4.07. The summed E-state index contributed by atoms with van der Waals surface area (Å²) in [5, 5.41) is 0. The fraction of sp³-hybridized carbons (Fsp3) is 0.462. The molecule has 0 amide bonds. The van der Waals surface area contributed by atoms with E-state index in [2.05, 4.69) is 4.99 Å². The minimum absolute atomic E-state index is 0.00486. The highest BCUT2D eigenvalue weighted by molar-refractivity contribution is 5.96. The second-order valence-electron chi connectivity index (χ2n) is 4.36. The molecule has 0 saturated heterocycles. The lowest BCUT2D eigenvalue weighted by Crippen LogP contribution is -2.18. The van der Waals surface area contributed by atoms with Gasteiger partial charge in [-0.25, -0.2) is 4.99 Å². The maximum absolute atomic E-state index is 12.9. The Morgan fingerprint density at radius 2 is 2.05 bits per heavy atom. The zero-order valence-electron chi connectivity index (χ0n) is 10.3. The molecule has 0 bridgehead atoms. The first-order valence-corrected chi connectivity index (χ1v) is 6.10. The van der Waals surface area contributed by atoms with Gasteiger partial charge in [-0.3, -0.25) is 0 Å². The van der Waals surface area contributed by atoms with Crippen LogP contribution in [-0.4, -0.2) is 25.1 Å². The Hall–Kier alpha value is -1.56. The average molecular weight is 272 g/mol. The van der Waals surface area contributed by atoms with Crippen LogP contribution in [0.2, 0.25) is 0 Å². The highest BCUT2D eigenvalue weighted by Crippen LogP contribution is 2.33. The van der Waals surface area contributed by atoms with Gasteiger partial charge in [-0.15, -0.1) is 0 Å². The van der Waals surface area contributed by atoms with Crippen LogP contribution >= 0.6 is 0 Å². The molecule has 3 nitrogen and oxygen atoms in total. The number of hydrogen-bond donors (Lipinski definition) is 1. The monoisotopic (exact) mass is 272 g/mol. The predicted molar refractivity (Wildman–Crippen MR) is 66.0 cm³/mol. The van der Waals surface area contributed by atoms with Crippen LogP contribution in [0.3, 0.4) is 0 Å². The second-order valence-corrected chi connectivity index (χ2v) is 4.36. The normalized spacial score (nSPS) is 19.2. The Morgan fingerprint density at radius 1 is 1.32 bits per heavy atom. The third kappa shape index (κ3) is 3.26. The molecule has 2 N–H and O–H groups in total. The molecular formula is C13H15F3N2O. The van der Waals surface area contributed by atoms with E-state index in [9.17, 15) is 13.2 Å². The van der Waals surface area contributed by atoms with E-state index in [1.54, 1.807) is 6.07 Å². The minimum Gasteiger partial charge on any atom is -0.472 e. The summed E-state index contributed by atoms with van der Waals surface area (Å²) in [6.45, 7) is 0.926. The third-order valence-corrected chi connectivity index (χ3v) is 2.91. The molecule has 1 aromatic carbocycles. The first kappa shape index (κ1) is 13.9. The molecule has 0 radical (unpaired) electrons. The number of benzene rings is 1. The molecular weight excluding hydrogens is 257 g/mol. The third-order valence-electron chi connectivity index (χ3n) is 2.91. The van der Waals surface area contributed by atoms with Crippen molar-refractivity contribution in [2.24, 2.45) is 10.7 Å². The molecule has 1 atom stereocenters. The lowest BCUT2D eigenvalue weighted by Gasteiger charge is -2.14. The topological polar surface area (TPSA) is 47.6 Å². The van der Waals surface area contributed by atoms with Crippen molar-refractivity contribution in [3.63, 3.8) is 0 Å². The largest absolute Gasteiger partial charge is 0.472 e. The van der Waals surface area contributed by atoms with E-state index in [1.807, 2.05) is 0 Å². The molecule has 19 heavy (non-hydrogen) atoms. The van der Waals surface area contributed by atoms with Crippen LogP contribution in [-0.2, 0) is 10.9 Å². The summed E-state index contributed by atoms with van der Waals surface area (Å²) in [6, 6.07) is 5.32. The number of rotatable bonds is 4. The molecule has 1 heterocycles. The van der Waals surface area contributed by atoms with Crippen LogP contribution in [0, 0.1) is 0 Å². The summed E-state index contributed by atoms with van der Waals surface area (Å²) >= 11 is 0. The molecule has 0 fully saturated rings. The zero-order valence-corrected chi connectivity index (χ0v) is 10.3. The molecule has 6 heteroatoms. The minimum atomic E-state index is -4.40. The van der Waals surface area contributed by atoms with Gasteiger partial charge in [-0.1, -0.05) is 12.1 Å². The van der Waals surface area contributed by atoms with Gasteiger partial charge in [0.15, 0.2) is 0 Å². The number of aliphatic imine (C=N–C) groups is 1. The fourth-order valence-electron chi connectivity index (χ4n) is 1.98. The molecule has 104 valence electrons. The summed E-state index contributed by atoms with van der Waals surface area (Å²) in [6.07, 6.45) is -3.09. The van der Waals surface area contributed by atoms with Crippen molar-refractivity contribution in [2.45, 2.75) is 25.1 Å². The van der Waals surface area contributed by atoms with E-state index < -0.39 is 11.7 Å².